The molecule has 0 saturated carbocycles. The van der Waals surface area contributed by atoms with E-state index in [2.05, 4.69) is 25.5 Å². The molecule has 0 spiro atoms. The summed E-state index contributed by atoms with van der Waals surface area (Å²) in [5.74, 6) is -0.398. The van der Waals surface area contributed by atoms with Crippen molar-refractivity contribution in [1.29, 1.82) is 0 Å². The van der Waals surface area contributed by atoms with Crippen LogP contribution in [0.4, 0.5) is 5.69 Å². The first-order valence-corrected chi connectivity index (χ1v) is 3.83. The topological polar surface area (TPSA) is 106 Å². The first-order valence-electron chi connectivity index (χ1n) is 3.83. The molecule has 2 rings (SSSR count). The van der Waals surface area contributed by atoms with Gasteiger partial charge in [-0.1, -0.05) is 0 Å². The van der Waals surface area contributed by atoms with Gasteiger partial charge in [-0.15, -0.1) is 0 Å². The molecule has 0 bridgehead atoms. The molecule has 72 valence electrons. The van der Waals surface area contributed by atoms with Gasteiger partial charge in [-0.05, 0) is 0 Å². The Balaban J connectivity index is 2.14. The predicted molar refractivity (Wildman–Crippen MR) is 48.0 cm³/mol. The van der Waals surface area contributed by atoms with Crippen LogP contribution in [0.15, 0.2) is 23.4 Å². The Hall–Kier alpha value is -2.31. The summed E-state index contributed by atoms with van der Waals surface area (Å²) in [6.45, 7) is 0. The van der Waals surface area contributed by atoms with Gasteiger partial charge in [-0.2, -0.15) is 5.10 Å². The SMILES string of the molecule is O=C(Nc1cn[nH]c1)c1c[nH]c(=O)[nH]1. The largest absolute Gasteiger partial charge is 0.323 e. The maximum absolute atomic E-state index is 11.4. The summed E-state index contributed by atoms with van der Waals surface area (Å²) >= 11 is 0. The van der Waals surface area contributed by atoms with Gasteiger partial charge in [-0.3, -0.25) is 9.89 Å². The lowest BCUT2D eigenvalue weighted by molar-refractivity contribution is 0.102. The molecule has 0 aromatic carbocycles. The number of aromatic amines is 3. The number of rotatable bonds is 2. The van der Waals surface area contributed by atoms with Crippen LogP contribution in [0.3, 0.4) is 0 Å². The van der Waals surface area contributed by atoms with E-state index in [1.54, 1.807) is 0 Å². The Labute approximate surface area is 77.6 Å². The van der Waals surface area contributed by atoms with Crippen molar-refractivity contribution in [3.63, 3.8) is 0 Å². The molecule has 0 unspecified atom stereocenters. The number of carbonyl (C=O) groups is 1. The van der Waals surface area contributed by atoms with E-state index < -0.39 is 11.6 Å². The quantitative estimate of drug-likeness (QED) is 0.525. The van der Waals surface area contributed by atoms with Crippen LogP contribution >= 0.6 is 0 Å². The number of nitrogens with zero attached hydrogens (tertiary/aromatic N) is 1. The molecule has 0 fully saturated rings. The fourth-order valence-corrected chi connectivity index (χ4v) is 0.972. The van der Waals surface area contributed by atoms with Crippen LogP contribution in [-0.4, -0.2) is 26.1 Å². The van der Waals surface area contributed by atoms with Crippen LogP contribution < -0.4 is 11.0 Å². The predicted octanol–water partition coefficient (Wildman–Crippen LogP) is -0.322. The number of carbonyl (C=O) groups excluding carboxylic acids is 1. The van der Waals surface area contributed by atoms with Gasteiger partial charge in [0.1, 0.15) is 5.69 Å². The molecular formula is C7H7N5O2. The minimum atomic E-state index is -0.414. The monoisotopic (exact) mass is 193 g/mol. The molecule has 0 saturated heterocycles. The summed E-state index contributed by atoms with van der Waals surface area (Å²) in [7, 11) is 0. The van der Waals surface area contributed by atoms with Gasteiger partial charge in [0.2, 0.25) is 0 Å². The number of hydrogen-bond acceptors (Lipinski definition) is 3. The third-order valence-electron chi connectivity index (χ3n) is 1.60. The minimum Gasteiger partial charge on any atom is -0.318 e. The molecular weight excluding hydrogens is 186 g/mol. The van der Waals surface area contributed by atoms with E-state index >= 15 is 0 Å². The van der Waals surface area contributed by atoms with Crippen molar-refractivity contribution in [1.82, 2.24) is 20.2 Å². The summed E-state index contributed by atoms with van der Waals surface area (Å²) in [5.41, 5.74) is 0.301. The highest BCUT2D eigenvalue weighted by Crippen LogP contribution is 2.02. The van der Waals surface area contributed by atoms with Gasteiger partial charge in [0.15, 0.2) is 0 Å². The molecule has 14 heavy (non-hydrogen) atoms. The number of imidazole rings is 1. The van der Waals surface area contributed by atoms with Crippen molar-refractivity contribution < 1.29 is 4.79 Å². The van der Waals surface area contributed by atoms with Crippen molar-refractivity contribution >= 4 is 11.6 Å². The Bertz CT molecular complexity index is 480. The van der Waals surface area contributed by atoms with Crippen molar-refractivity contribution in [2.24, 2.45) is 0 Å². The smallest absolute Gasteiger partial charge is 0.318 e. The third-order valence-corrected chi connectivity index (χ3v) is 1.60. The van der Waals surface area contributed by atoms with Crippen LogP contribution in [-0.2, 0) is 0 Å². The van der Waals surface area contributed by atoms with Gasteiger partial charge in [0.25, 0.3) is 5.91 Å². The molecule has 7 nitrogen and oxygen atoms in total. The summed E-state index contributed by atoms with van der Waals surface area (Å²) in [4.78, 5) is 26.7. The zero-order valence-corrected chi connectivity index (χ0v) is 7.00. The van der Waals surface area contributed by atoms with E-state index in [9.17, 15) is 9.59 Å². The van der Waals surface area contributed by atoms with Crippen LogP contribution in [0, 0.1) is 0 Å². The Morgan fingerprint density at radius 1 is 1.43 bits per heavy atom. The first-order chi connectivity index (χ1) is 6.75. The van der Waals surface area contributed by atoms with Gasteiger partial charge < -0.3 is 15.3 Å². The standard InChI is InChI=1S/C7H7N5O2/c13-6(5-3-8-7(14)12-5)11-4-1-9-10-2-4/h1-3H,(H,9,10)(H,11,13)(H2,8,12,14). The van der Waals surface area contributed by atoms with Crippen LogP contribution in [0.5, 0.6) is 0 Å². The van der Waals surface area contributed by atoms with Gasteiger partial charge in [0.05, 0.1) is 11.9 Å². The zero-order chi connectivity index (χ0) is 9.97. The lowest BCUT2D eigenvalue weighted by Crippen LogP contribution is -2.13. The summed E-state index contributed by atoms with van der Waals surface area (Å²) in [6, 6.07) is 0. The summed E-state index contributed by atoms with van der Waals surface area (Å²) < 4.78 is 0. The molecule has 0 aliphatic rings. The zero-order valence-electron chi connectivity index (χ0n) is 7.00. The fourth-order valence-electron chi connectivity index (χ4n) is 0.972. The van der Waals surface area contributed by atoms with Gasteiger partial charge in [0, 0.05) is 12.4 Å². The summed E-state index contributed by atoms with van der Waals surface area (Å²) in [5, 5.41) is 8.73. The lowest BCUT2D eigenvalue weighted by atomic mass is 10.4. The Kier molecular flexibility index (Phi) is 1.90. The highest BCUT2D eigenvalue weighted by molar-refractivity contribution is 6.02. The molecule has 1 amide bonds. The van der Waals surface area contributed by atoms with E-state index in [0.29, 0.717) is 5.69 Å². The van der Waals surface area contributed by atoms with Crippen LogP contribution in [0.2, 0.25) is 0 Å². The highest BCUT2D eigenvalue weighted by atomic mass is 16.2. The van der Waals surface area contributed by atoms with E-state index in [1.165, 1.54) is 18.6 Å². The van der Waals surface area contributed by atoms with E-state index in [1.807, 2.05) is 0 Å². The Morgan fingerprint density at radius 2 is 2.29 bits per heavy atom. The Morgan fingerprint density at radius 3 is 2.86 bits per heavy atom. The fraction of sp³-hybridized carbons (Fsp3) is 0. The molecule has 2 heterocycles. The first kappa shape index (κ1) is 8.30. The van der Waals surface area contributed by atoms with Crippen molar-refractivity contribution in [2.45, 2.75) is 0 Å². The van der Waals surface area contributed by atoms with Gasteiger partial charge >= 0.3 is 5.69 Å². The molecule has 2 aromatic heterocycles. The number of amides is 1. The average molecular weight is 193 g/mol. The lowest BCUT2D eigenvalue weighted by Gasteiger charge is -1.97. The molecule has 4 N–H and O–H groups in total. The van der Waals surface area contributed by atoms with Crippen molar-refractivity contribution in [3.8, 4) is 0 Å². The molecule has 7 heteroatoms. The van der Waals surface area contributed by atoms with Crippen molar-refractivity contribution in [3.05, 3.63) is 34.8 Å². The number of nitrogens with one attached hydrogen (secondary N) is 4. The second kappa shape index (κ2) is 3.21. The maximum Gasteiger partial charge on any atom is 0.323 e. The summed E-state index contributed by atoms with van der Waals surface area (Å²) in [6.07, 6.45) is 4.29. The molecule has 2 aromatic rings. The maximum atomic E-state index is 11.4. The van der Waals surface area contributed by atoms with E-state index in [-0.39, 0.29) is 5.69 Å². The van der Waals surface area contributed by atoms with E-state index in [0.717, 1.165) is 0 Å². The number of H-pyrrole nitrogens is 3. The minimum absolute atomic E-state index is 0.177. The average Bonchev–Trinajstić information content (AvgIpc) is 2.75. The normalized spacial score (nSPS) is 10.0. The number of aromatic nitrogens is 4. The van der Waals surface area contributed by atoms with Gasteiger partial charge in [-0.25, -0.2) is 4.79 Å². The molecule has 0 aliphatic carbocycles. The molecule has 0 atom stereocenters. The second-order valence-corrected chi connectivity index (χ2v) is 2.60. The van der Waals surface area contributed by atoms with Crippen LogP contribution in [0.25, 0.3) is 0 Å². The third kappa shape index (κ3) is 1.56. The molecule has 0 aliphatic heterocycles. The second-order valence-electron chi connectivity index (χ2n) is 2.60. The number of hydrogen-bond donors (Lipinski definition) is 4. The number of anilines is 1. The van der Waals surface area contributed by atoms with E-state index in [4.69, 9.17) is 0 Å². The van der Waals surface area contributed by atoms with Crippen molar-refractivity contribution in [2.75, 3.05) is 5.32 Å². The highest BCUT2D eigenvalue weighted by Gasteiger charge is 2.07. The molecule has 0 radical (unpaired) electrons. The van der Waals surface area contributed by atoms with Crippen LogP contribution in [0.1, 0.15) is 10.5 Å².